The minimum absolute atomic E-state index is 0.0663. The number of piperidine rings is 2. The van der Waals surface area contributed by atoms with Crippen LogP contribution in [0.15, 0.2) is 30.7 Å². The maximum absolute atomic E-state index is 13.8. The second-order valence-electron chi connectivity index (χ2n) is 7.99. The van der Waals surface area contributed by atoms with Crippen LogP contribution >= 0.6 is 0 Å². The standard InChI is InChI=1S/C22H27F2N5O/c23-18-5-4-17(19(24)12-18)13-26-22(30)16-6-10-28(11-7-16)20-14-25-15-27-21(20)29-8-2-1-3-9-29/h4-5,12,14-16H,1-3,6-11,13H2,(H,26,30). The van der Waals surface area contributed by atoms with Gasteiger partial charge in [-0.15, -0.1) is 0 Å². The molecular formula is C22H27F2N5O. The number of carbonyl (C=O) groups is 1. The molecule has 3 heterocycles. The Morgan fingerprint density at radius 1 is 1.07 bits per heavy atom. The second-order valence-corrected chi connectivity index (χ2v) is 7.99. The molecule has 0 atom stereocenters. The maximum Gasteiger partial charge on any atom is 0.223 e. The van der Waals surface area contributed by atoms with Crippen molar-refractivity contribution in [2.45, 2.75) is 38.6 Å². The lowest BCUT2D eigenvalue weighted by molar-refractivity contribution is -0.125. The molecule has 0 spiro atoms. The highest BCUT2D eigenvalue weighted by Gasteiger charge is 2.28. The van der Waals surface area contributed by atoms with Crippen molar-refractivity contribution >= 4 is 17.4 Å². The number of hydrogen-bond donors (Lipinski definition) is 1. The van der Waals surface area contributed by atoms with Crippen LogP contribution in [0.2, 0.25) is 0 Å². The molecule has 2 fully saturated rings. The van der Waals surface area contributed by atoms with Crippen molar-refractivity contribution < 1.29 is 13.6 Å². The quantitative estimate of drug-likeness (QED) is 0.812. The average Bonchev–Trinajstić information content (AvgIpc) is 2.79. The van der Waals surface area contributed by atoms with E-state index in [0.717, 1.165) is 43.8 Å². The summed E-state index contributed by atoms with van der Waals surface area (Å²) in [7, 11) is 0. The van der Waals surface area contributed by atoms with Gasteiger partial charge in [0.25, 0.3) is 0 Å². The number of anilines is 2. The van der Waals surface area contributed by atoms with Gasteiger partial charge in [-0.25, -0.2) is 18.7 Å². The smallest absolute Gasteiger partial charge is 0.223 e. The number of nitrogens with zero attached hydrogens (tertiary/aromatic N) is 4. The highest BCUT2D eigenvalue weighted by molar-refractivity contribution is 5.79. The fourth-order valence-electron chi connectivity index (χ4n) is 4.26. The summed E-state index contributed by atoms with van der Waals surface area (Å²) in [5.74, 6) is -0.477. The van der Waals surface area contributed by atoms with Gasteiger partial charge >= 0.3 is 0 Å². The first-order chi connectivity index (χ1) is 14.6. The zero-order chi connectivity index (χ0) is 20.9. The van der Waals surface area contributed by atoms with Gasteiger partial charge in [0.05, 0.1) is 11.9 Å². The lowest BCUT2D eigenvalue weighted by atomic mass is 9.95. The molecule has 0 unspecified atom stereocenters. The summed E-state index contributed by atoms with van der Waals surface area (Å²) in [6.07, 6.45) is 8.52. The molecule has 0 aliphatic carbocycles. The van der Waals surface area contributed by atoms with E-state index in [9.17, 15) is 13.6 Å². The van der Waals surface area contributed by atoms with Gasteiger partial charge in [0, 0.05) is 50.3 Å². The molecule has 1 aromatic carbocycles. The minimum Gasteiger partial charge on any atom is -0.367 e. The van der Waals surface area contributed by atoms with E-state index >= 15 is 0 Å². The van der Waals surface area contributed by atoms with Gasteiger partial charge in [-0.3, -0.25) is 4.79 Å². The van der Waals surface area contributed by atoms with Crippen LogP contribution in [0.25, 0.3) is 0 Å². The van der Waals surface area contributed by atoms with Gasteiger partial charge in [-0.1, -0.05) is 6.07 Å². The summed E-state index contributed by atoms with van der Waals surface area (Å²) in [5.41, 5.74) is 1.32. The molecule has 0 bridgehead atoms. The van der Waals surface area contributed by atoms with Gasteiger partial charge in [0.2, 0.25) is 5.91 Å². The first kappa shape index (κ1) is 20.5. The number of carbonyl (C=O) groups excluding carboxylic acids is 1. The van der Waals surface area contributed by atoms with E-state index in [4.69, 9.17) is 0 Å². The van der Waals surface area contributed by atoms with Gasteiger partial charge < -0.3 is 15.1 Å². The lowest BCUT2D eigenvalue weighted by Gasteiger charge is -2.36. The molecule has 2 aliphatic heterocycles. The predicted octanol–water partition coefficient (Wildman–Crippen LogP) is 3.28. The van der Waals surface area contributed by atoms with Crippen LogP contribution in [0.1, 0.15) is 37.7 Å². The van der Waals surface area contributed by atoms with Crippen molar-refractivity contribution in [1.82, 2.24) is 15.3 Å². The molecule has 1 aromatic heterocycles. The van der Waals surface area contributed by atoms with Crippen molar-refractivity contribution in [2.24, 2.45) is 5.92 Å². The maximum atomic E-state index is 13.8. The number of halogens is 2. The fourth-order valence-corrected chi connectivity index (χ4v) is 4.26. The highest BCUT2D eigenvalue weighted by Crippen LogP contribution is 2.31. The van der Waals surface area contributed by atoms with Crippen molar-refractivity contribution in [1.29, 1.82) is 0 Å². The van der Waals surface area contributed by atoms with E-state index < -0.39 is 11.6 Å². The molecular weight excluding hydrogens is 388 g/mol. The van der Waals surface area contributed by atoms with Crippen LogP contribution in [0, 0.1) is 17.6 Å². The van der Waals surface area contributed by atoms with Gasteiger partial charge in [0.1, 0.15) is 18.0 Å². The number of rotatable bonds is 5. The largest absolute Gasteiger partial charge is 0.367 e. The number of hydrogen-bond acceptors (Lipinski definition) is 5. The molecule has 2 aliphatic rings. The molecule has 160 valence electrons. The zero-order valence-electron chi connectivity index (χ0n) is 17.0. The predicted molar refractivity (Wildman–Crippen MR) is 111 cm³/mol. The highest BCUT2D eigenvalue weighted by atomic mass is 19.1. The Balaban J connectivity index is 1.33. The Labute approximate surface area is 175 Å². The minimum atomic E-state index is -0.639. The molecule has 0 radical (unpaired) electrons. The molecule has 2 aromatic rings. The third kappa shape index (κ3) is 4.68. The summed E-state index contributed by atoms with van der Waals surface area (Å²) < 4.78 is 26.8. The topological polar surface area (TPSA) is 61.4 Å². The van der Waals surface area contributed by atoms with Crippen LogP contribution < -0.4 is 15.1 Å². The normalized spacial score (nSPS) is 17.8. The summed E-state index contributed by atoms with van der Waals surface area (Å²) in [6.45, 7) is 3.59. The fraction of sp³-hybridized carbons (Fsp3) is 0.500. The van der Waals surface area contributed by atoms with Crippen LogP contribution in [0.4, 0.5) is 20.3 Å². The number of benzene rings is 1. The molecule has 0 saturated carbocycles. The summed E-state index contributed by atoms with van der Waals surface area (Å²) in [5, 5.41) is 2.79. The molecule has 1 N–H and O–H groups in total. The Morgan fingerprint density at radius 3 is 2.57 bits per heavy atom. The molecule has 2 saturated heterocycles. The van der Waals surface area contributed by atoms with E-state index in [2.05, 4.69) is 25.1 Å². The van der Waals surface area contributed by atoms with Gasteiger partial charge in [-0.2, -0.15) is 0 Å². The third-order valence-electron chi connectivity index (χ3n) is 6.00. The van der Waals surface area contributed by atoms with E-state index in [1.165, 1.54) is 31.4 Å². The van der Waals surface area contributed by atoms with Crippen LogP contribution in [-0.4, -0.2) is 42.1 Å². The van der Waals surface area contributed by atoms with Crippen molar-refractivity contribution in [3.63, 3.8) is 0 Å². The molecule has 6 nitrogen and oxygen atoms in total. The number of nitrogens with one attached hydrogen (secondary N) is 1. The molecule has 1 amide bonds. The summed E-state index contributed by atoms with van der Waals surface area (Å²) in [6, 6.07) is 3.40. The van der Waals surface area contributed by atoms with Crippen LogP contribution in [0.3, 0.4) is 0 Å². The molecule has 30 heavy (non-hydrogen) atoms. The molecule has 4 rings (SSSR count). The third-order valence-corrected chi connectivity index (χ3v) is 6.00. The van der Waals surface area contributed by atoms with E-state index in [-0.39, 0.29) is 23.9 Å². The number of aromatic nitrogens is 2. The first-order valence-electron chi connectivity index (χ1n) is 10.6. The van der Waals surface area contributed by atoms with Crippen molar-refractivity contribution in [2.75, 3.05) is 36.0 Å². The Hall–Kier alpha value is -2.77. The monoisotopic (exact) mass is 415 g/mol. The first-order valence-corrected chi connectivity index (χ1v) is 10.6. The van der Waals surface area contributed by atoms with Crippen LogP contribution in [0.5, 0.6) is 0 Å². The Kier molecular flexibility index (Phi) is 6.40. The molecule has 8 heteroatoms. The average molecular weight is 415 g/mol. The lowest BCUT2D eigenvalue weighted by Crippen LogP contribution is -2.41. The Morgan fingerprint density at radius 2 is 1.83 bits per heavy atom. The zero-order valence-corrected chi connectivity index (χ0v) is 17.0. The summed E-state index contributed by atoms with van der Waals surface area (Å²) >= 11 is 0. The van der Waals surface area contributed by atoms with E-state index in [0.29, 0.717) is 12.8 Å². The SMILES string of the molecule is O=C(NCc1ccc(F)cc1F)C1CCN(c2cncnc2N2CCCCC2)CC1. The summed E-state index contributed by atoms with van der Waals surface area (Å²) in [4.78, 5) is 25.9. The van der Waals surface area contributed by atoms with Gasteiger partial charge in [-0.05, 0) is 38.2 Å². The Bertz CT molecular complexity index is 880. The van der Waals surface area contributed by atoms with E-state index in [1.807, 2.05) is 6.20 Å². The second kappa shape index (κ2) is 9.36. The van der Waals surface area contributed by atoms with Crippen molar-refractivity contribution in [3.8, 4) is 0 Å². The van der Waals surface area contributed by atoms with Gasteiger partial charge in [0.15, 0.2) is 5.82 Å². The van der Waals surface area contributed by atoms with Crippen LogP contribution in [-0.2, 0) is 11.3 Å². The number of amides is 1. The van der Waals surface area contributed by atoms with E-state index in [1.54, 1.807) is 6.33 Å². The van der Waals surface area contributed by atoms with Crippen molar-refractivity contribution in [3.05, 3.63) is 47.9 Å².